The molecular weight excluding hydrogens is 415 g/mol. The number of hydrogen-bond acceptors (Lipinski definition) is 5. The van der Waals surface area contributed by atoms with E-state index >= 15 is 0 Å². The van der Waals surface area contributed by atoms with Gasteiger partial charge in [-0.15, -0.1) is 11.3 Å². The van der Waals surface area contributed by atoms with Gasteiger partial charge in [0.05, 0.1) is 4.88 Å². The number of pyridine rings is 1. The lowest BCUT2D eigenvalue weighted by Gasteiger charge is -2.24. The van der Waals surface area contributed by atoms with Crippen molar-refractivity contribution in [1.82, 2.24) is 10.3 Å². The molecule has 0 radical (unpaired) electrons. The number of benzene rings is 1. The van der Waals surface area contributed by atoms with E-state index in [1.54, 1.807) is 12.3 Å². The van der Waals surface area contributed by atoms with Gasteiger partial charge in [-0.1, -0.05) is 19.1 Å². The summed E-state index contributed by atoms with van der Waals surface area (Å²) in [5.74, 6) is 0.0522. The van der Waals surface area contributed by atoms with Gasteiger partial charge >= 0.3 is 0 Å². The number of aromatic nitrogens is 1. The topological polar surface area (TPSA) is 97.1 Å². The minimum absolute atomic E-state index is 0.0394. The van der Waals surface area contributed by atoms with Crippen LogP contribution in [-0.4, -0.2) is 29.4 Å². The van der Waals surface area contributed by atoms with E-state index in [2.05, 4.69) is 15.6 Å². The van der Waals surface area contributed by atoms with Crippen LogP contribution < -0.4 is 16.4 Å². The highest BCUT2D eigenvalue weighted by Crippen LogP contribution is 2.39. The molecular formula is C23H23FN4O2S. The Morgan fingerprint density at radius 3 is 3.00 bits per heavy atom. The molecule has 0 aliphatic carbocycles. The van der Waals surface area contributed by atoms with Crippen molar-refractivity contribution in [3.05, 3.63) is 69.8 Å². The first kappa shape index (κ1) is 21.1. The van der Waals surface area contributed by atoms with E-state index in [4.69, 9.17) is 5.73 Å². The van der Waals surface area contributed by atoms with Crippen molar-refractivity contribution in [2.75, 3.05) is 11.9 Å². The molecule has 0 fully saturated rings. The largest absolute Gasteiger partial charge is 0.347 e. The Morgan fingerprint density at radius 1 is 1.39 bits per heavy atom. The van der Waals surface area contributed by atoms with Crippen LogP contribution in [0.15, 0.2) is 48.0 Å². The fourth-order valence-electron chi connectivity index (χ4n) is 3.88. The number of anilines is 1. The smallest absolute Gasteiger partial charge is 0.261 e. The normalized spacial score (nSPS) is 16.4. The maximum Gasteiger partial charge on any atom is 0.261 e. The summed E-state index contributed by atoms with van der Waals surface area (Å²) in [4.78, 5) is 29.5. The molecule has 4 rings (SSSR count). The third kappa shape index (κ3) is 4.65. The Bertz CT molecular complexity index is 1130. The SMILES string of the molecule is C[C@H]1CC(=O)Nc2nccc(-c3csc(C(=O)NC(CN)Cc4cccc(F)c4)c3)c21. The highest BCUT2D eigenvalue weighted by atomic mass is 32.1. The maximum atomic E-state index is 13.4. The molecule has 8 heteroatoms. The number of hydrogen-bond donors (Lipinski definition) is 3. The summed E-state index contributed by atoms with van der Waals surface area (Å²) in [7, 11) is 0. The van der Waals surface area contributed by atoms with Crippen LogP contribution in [0.2, 0.25) is 0 Å². The second-order valence-electron chi connectivity index (χ2n) is 7.71. The molecule has 0 spiro atoms. The number of amides is 2. The summed E-state index contributed by atoms with van der Waals surface area (Å²) >= 11 is 1.35. The second-order valence-corrected chi connectivity index (χ2v) is 8.63. The van der Waals surface area contributed by atoms with Crippen LogP contribution in [0, 0.1) is 5.82 Å². The van der Waals surface area contributed by atoms with Crippen LogP contribution in [0.5, 0.6) is 0 Å². The average Bonchev–Trinajstić information content (AvgIpc) is 3.23. The molecule has 4 N–H and O–H groups in total. The zero-order valence-electron chi connectivity index (χ0n) is 17.0. The number of nitrogens with zero attached hydrogens (tertiary/aromatic N) is 1. The van der Waals surface area contributed by atoms with Crippen molar-refractivity contribution in [3.8, 4) is 11.1 Å². The van der Waals surface area contributed by atoms with Gasteiger partial charge in [0.15, 0.2) is 0 Å². The monoisotopic (exact) mass is 438 g/mol. The molecule has 1 aliphatic heterocycles. The van der Waals surface area contributed by atoms with E-state index in [1.165, 1.54) is 23.5 Å². The van der Waals surface area contributed by atoms with Gasteiger partial charge in [0.1, 0.15) is 11.6 Å². The summed E-state index contributed by atoms with van der Waals surface area (Å²) in [6.45, 7) is 2.25. The summed E-state index contributed by atoms with van der Waals surface area (Å²) < 4.78 is 13.4. The lowest BCUT2D eigenvalue weighted by atomic mass is 9.88. The standard InChI is InChI=1S/C23H23FN4O2S/c1-13-7-20(29)28-22-21(13)18(5-6-26-22)15-10-19(31-12-15)23(30)27-17(11-25)9-14-3-2-4-16(24)8-14/h2-6,8,10,12-13,17H,7,9,11,25H2,1H3,(H,27,30)(H,26,28,29)/t13-,17?/m0/s1. The third-order valence-electron chi connectivity index (χ3n) is 5.36. The molecule has 3 aromatic rings. The van der Waals surface area contributed by atoms with Crippen molar-refractivity contribution < 1.29 is 14.0 Å². The molecule has 31 heavy (non-hydrogen) atoms. The molecule has 1 aromatic carbocycles. The molecule has 1 aliphatic rings. The van der Waals surface area contributed by atoms with Crippen LogP contribution in [0.1, 0.15) is 40.1 Å². The number of nitrogens with one attached hydrogen (secondary N) is 2. The van der Waals surface area contributed by atoms with E-state index < -0.39 is 0 Å². The maximum absolute atomic E-state index is 13.4. The molecule has 2 aromatic heterocycles. The molecule has 0 bridgehead atoms. The molecule has 0 saturated carbocycles. The quantitative estimate of drug-likeness (QED) is 0.547. The summed E-state index contributed by atoms with van der Waals surface area (Å²) in [5.41, 5.74) is 9.47. The van der Waals surface area contributed by atoms with Crippen molar-refractivity contribution in [2.24, 2.45) is 5.73 Å². The zero-order chi connectivity index (χ0) is 22.0. The van der Waals surface area contributed by atoms with Gasteiger partial charge in [0.2, 0.25) is 5.91 Å². The van der Waals surface area contributed by atoms with Crippen LogP contribution in [-0.2, 0) is 11.2 Å². The van der Waals surface area contributed by atoms with Crippen LogP contribution in [0.4, 0.5) is 10.2 Å². The van der Waals surface area contributed by atoms with Gasteiger partial charge in [0, 0.05) is 30.8 Å². The van der Waals surface area contributed by atoms with Gasteiger partial charge in [-0.3, -0.25) is 9.59 Å². The minimum Gasteiger partial charge on any atom is -0.347 e. The van der Waals surface area contributed by atoms with Crippen LogP contribution in [0.25, 0.3) is 11.1 Å². The summed E-state index contributed by atoms with van der Waals surface area (Å²) in [5, 5.41) is 7.70. The Morgan fingerprint density at radius 2 is 2.23 bits per heavy atom. The first-order valence-corrected chi connectivity index (χ1v) is 11.0. The fraction of sp³-hybridized carbons (Fsp3) is 0.261. The van der Waals surface area contributed by atoms with E-state index in [-0.39, 0.29) is 36.1 Å². The lowest BCUT2D eigenvalue weighted by molar-refractivity contribution is -0.116. The fourth-order valence-corrected chi connectivity index (χ4v) is 4.69. The first-order chi connectivity index (χ1) is 14.9. The molecule has 1 unspecified atom stereocenters. The van der Waals surface area contributed by atoms with E-state index in [0.717, 1.165) is 22.3 Å². The molecule has 0 saturated heterocycles. The Balaban J connectivity index is 1.52. The highest BCUT2D eigenvalue weighted by Gasteiger charge is 2.26. The van der Waals surface area contributed by atoms with Gasteiger partial charge in [0.25, 0.3) is 5.91 Å². The van der Waals surface area contributed by atoms with Crippen molar-refractivity contribution in [3.63, 3.8) is 0 Å². The predicted octanol–water partition coefficient (Wildman–Crippen LogP) is 3.69. The first-order valence-electron chi connectivity index (χ1n) is 10.1. The molecule has 3 heterocycles. The number of thiophene rings is 1. The third-order valence-corrected chi connectivity index (χ3v) is 6.29. The lowest BCUT2D eigenvalue weighted by Crippen LogP contribution is -2.41. The second kappa shape index (κ2) is 8.95. The number of nitrogens with two attached hydrogens (primary N) is 1. The Hall–Kier alpha value is -3.10. The van der Waals surface area contributed by atoms with E-state index in [9.17, 15) is 14.0 Å². The van der Waals surface area contributed by atoms with Gasteiger partial charge in [-0.05, 0) is 58.7 Å². The van der Waals surface area contributed by atoms with E-state index in [1.807, 2.05) is 30.5 Å². The average molecular weight is 439 g/mol. The molecule has 2 atom stereocenters. The van der Waals surface area contributed by atoms with Gasteiger partial charge in [-0.2, -0.15) is 0 Å². The number of rotatable bonds is 6. The molecule has 2 amide bonds. The zero-order valence-corrected chi connectivity index (χ0v) is 17.8. The van der Waals surface area contributed by atoms with Crippen molar-refractivity contribution in [2.45, 2.75) is 31.7 Å². The summed E-state index contributed by atoms with van der Waals surface area (Å²) in [6.07, 6.45) is 2.52. The molecule has 160 valence electrons. The van der Waals surface area contributed by atoms with Crippen molar-refractivity contribution in [1.29, 1.82) is 0 Å². The number of carbonyl (C=O) groups excluding carboxylic acids is 2. The number of carbonyl (C=O) groups is 2. The van der Waals surface area contributed by atoms with Gasteiger partial charge < -0.3 is 16.4 Å². The highest BCUT2D eigenvalue weighted by molar-refractivity contribution is 7.12. The number of halogens is 1. The van der Waals surface area contributed by atoms with Crippen LogP contribution >= 0.6 is 11.3 Å². The minimum atomic E-state index is -0.311. The number of fused-ring (bicyclic) bond motifs is 1. The molecule has 6 nitrogen and oxygen atoms in total. The Labute approximate surface area is 183 Å². The van der Waals surface area contributed by atoms with E-state index in [0.29, 0.717) is 23.5 Å². The van der Waals surface area contributed by atoms with Crippen molar-refractivity contribution >= 4 is 29.0 Å². The van der Waals surface area contributed by atoms with Crippen LogP contribution in [0.3, 0.4) is 0 Å². The van der Waals surface area contributed by atoms with Gasteiger partial charge in [-0.25, -0.2) is 9.37 Å². The predicted molar refractivity (Wildman–Crippen MR) is 120 cm³/mol. The summed E-state index contributed by atoms with van der Waals surface area (Å²) in [6, 6.07) is 9.74. The Kier molecular flexibility index (Phi) is 6.11.